The third-order valence-corrected chi connectivity index (χ3v) is 3.84. The molecule has 1 N–H and O–H groups in total. The summed E-state index contributed by atoms with van der Waals surface area (Å²) in [7, 11) is 0. The second-order valence-corrected chi connectivity index (χ2v) is 5.00. The first-order valence-corrected chi connectivity index (χ1v) is 6.61. The molecule has 2 atom stereocenters. The van der Waals surface area contributed by atoms with Gasteiger partial charge in [0, 0.05) is 12.6 Å². The molecular weight excluding hydrogens is 212 g/mol. The molecule has 0 saturated carbocycles. The van der Waals surface area contributed by atoms with E-state index < -0.39 is 0 Å². The highest BCUT2D eigenvalue weighted by molar-refractivity contribution is 6.68. The van der Waals surface area contributed by atoms with Crippen molar-refractivity contribution < 1.29 is 0 Å². The van der Waals surface area contributed by atoms with E-state index in [2.05, 4.69) is 30.7 Å². The van der Waals surface area contributed by atoms with E-state index >= 15 is 0 Å². The van der Waals surface area contributed by atoms with Crippen LogP contribution in [0.15, 0.2) is 9.98 Å². The van der Waals surface area contributed by atoms with Crippen LogP contribution >= 0.6 is 0 Å². The third kappa shape index (κ3) is 2.26. The summed E-state index contributed by atoms with van der Waals surface area (Å²) in [6.07, 6.45) is 3.01. The molecule has 0 saturated heterocycles. The fourth-order valence-electron chi connectivity index (χ4n) is 2.32. The zero-order chi connectivity index (χ0) is 12.4. The van der Waals surface area contributed by atoms with Gasteiger partial charge in [0.05, 0.1) is 5.71 Å². The van der Waals surface area contributed by atoms with Crippen molar-refractivity contribution in [2.75, 3.05) is 13.2 Å². The molecule has 2 rings (SSSR count). The first-order valence-electron chi connectivity index (χ1n) is 6.61. The molecule has 0 fully saturated rings. The first kappa shape index (κ1) is 12.3. The lowest BCUT2D eigenvalue weighted by Crippen LogP contribution is -2.38. The van der Waals surface area contributed by atoms with E-state index in [-0.39, 0.29) is 0 Å². The second-order valence-electron chi connectivity index (χ2n) is 5.00. The minimum Gasteiger partial charge on any atom is -0.333 e. The lowest BCUT2D eigenvalue weighted by Gasteiger charge is -2.24. The summed E-state index contributed by atoms with van der Waals surface area (Å²) in [6, 6.07) is 0.459. The van der Waals surface area contributed by atoms with Crippen LogP contribution in [0.25, 0.3) is 0 Å². The summed E-state index contributed by atoms with van der Waals surface area (Å²) >= 11 is 0. The monoisotopic (exact) mass is 234 g/mol. The van der Waals surface area contributed by atoms with Gasteiger partial charge in [-0.05, 0) is 25.7 Å². The number of rotatable bonds is 3. The van der Waals surface area contributed by atoms with Crippen molar-refractivity contribution in [1.29, 1.82) is 5.41 Å². The minimum absolute atomic E-state index is 0.459. The van der Waals surface area contributed by atoms with E-state index in [0.29, 0.717) is 24.3 Å². The molecule has 2 aliphatic rings. The molecule has 0 aliphatic carbocycles. The maximum atomic E-state index is 8.14. The molecule has 2 aliphatic heterocycles. The number of fused-ring (bicyclic) bond motifs is 1. The lowest BCUT2D eigenvalue weighted by atomic mass is 9.98. The number of nitrogens with one attached hydrogen (secondary N) is 1. The van der Waals surface area contributed by atoms with Crippen molar-refractivity contribution >= 4 is 17.3 Å². The lowest BCUT2D eigenvalue weighted by molar-refractivity contribution is 0.342. The van der Waals surface area contributed by atoms with E-state index in [0.717, 1.165) is 37.4 Å². The summed E-state index contributed by atoms with van der Waals surface area (Å²) < 4.78 is 0. The molecule has 0 aromatic carbocycles. The summed E-state index contributed by atoms with van der Waals surface area (Å²) in [5.41, 5.74) is 1.53. The molecule has 2 heterocycles. The number of aliphatic imine (C=N–C) groups is 2. The largest absolute Gasteiger partial charge is 0.333 e. The molecule has 17 heavy (non-hydrogen) atoms. The smallest absolute Gasteiger partial charge is 0.153 e. The SMILES string of the molecule is CCC1CN=C2C(=NCN2C(C)CC)C(=N)C1. The highest BCUT2D eigenvalue weighted by Crippen LogP contribution is 2.20. The molecular formula is C13H22N4. The highest BCUT2D eigenvalue weighted by Gasteiger charge is 2.31. The van der Waals surface area contributed by atoms with Crippen molar-refractivity contribution in [3.05, 3.63) is 0 Å². The second kappa shape index (κ2) is 4.98. The van der Waals surface area contributed by atoms with Crippen LogP contribution < -0.4 is 0 Å². The number of nitrogens with zero attached hydrogens (tertiary/aromatic N) is 3. The third-order valence-electron chi connectivity index (χ3n) is 3.84. The van der Waals surface area contributed by atoms with Gasteiger partial charge in [0.2, 0.25) is 0 Å². The van der Waals surface area contributed by atoms with Crippen molar-refractivity contribution in [2.45, 2.75) is 46.1 Å². The van der Waals surface area contributed by atoms with E-state index in [9.17, 15) is 0 Å². The molecule has 0 amide bonds. The average molecular weight is 234 g/mol. The Morgan fingerprint density at radius 1 is 1.41 bits per heavy atom. The Kier molecular flexibility index (Phi) is 3.60. The molecule has 94 valence electrons. The van der Waals surface area contributed by atoms with Gasteiger partial charge >= 0.3 is 0 Å². The molecule has 2 unspecified atom stereocenters. The predicted octanol–water partition coefficient (Wildman–Crippen LogP) is 2.35. The van der Waals surface area contributed by atoms with Crippen LogP contribution in [-0.4, -0.2) is 41.4 Å². The van der Waals surface area contributed by atoms with Gasteiger partial charge in [-0.15, -0.1) is 0 Å². The topological polar surface area (TPSA) is 51.8 Å². The number of amidine groups is 1. The van der Waals surface area contributed by atoms with Gasteiger partial charge in [-0.2, -0.15) is 0 Å². The maximum absolute atomic E-state index is 8.14. The van der Waals surface area contributed by atoms with Crippen LogP contribution in [0.3, 0.4) is 0 Å². The Hall–Kier alpha value is -1.19. The fraction of sp³-hybridized carbons (Fsp3) is 0.769. The van der Waals surface area contributed by atoms with Crippen molar-refractivity contribution in [1.82, 2.24) is 4.90 Å². The van der Waals surface area contributed by atoms with E-state index in [1.165, 1.54) is 0 Å². The molecule has 4 nitrogen and oxygen atoms in total. The summed E-state index contributed by atoms with van der Waals surface area (Å²) in [5.74, 6) is 1.49. The zero-order valence-corrected chi connectivity index (χ0v) is 11.0. The van der Waals surface area contributed by atoms with Gasteiger partial charge < -0.3 is 10.3 Å². The molecule has 0 radical (unpaired) electrons. The Balaban J connectivity index is 2.23. The van der Waals surface area contributed by atoms with E-state index in [4.69, 9.17) is 10.4 Å². The van der Waals surface area contributed by atoms with Crippen LogP contribution in [0.5, 0.6) is 0 Å². The van der Waals surface area contributed by atoms with Gasteiger partial charge in [0.15, 0.2) is 5.84 Å². The maximum Gasteiger partial charge on any atom is 0.153 e. The fourth-order valence-corrected chi connectivity index (χ4v) is 2.32. The molecule has 4 heteroatoms. The predicted molar refractivity (Wildman–Crippen MR) is 72.3 cm³/mol. The number of hydrogen-bond donors (Lipinski definition) is 1. The molecule has 0 aromatic heterocycles. The van der Waals surface area contributed by atoms with Crippen molar-refractivity contribution in [3.63, 3.8) is 0 Å². The average Bonchev–Trinajstić information content (AvgIpc) is 2.70. The van der Waals surface area contributed by atoms with Crippen LogP contribution in [0.4, 0.5) is 0 Å². The van der Waals surface area contributed by atoms with Gasteiger partial charge in [-0.3, -0.25) is 9.98 Å². The van der Waals surface area contributed by atoms with E-state index in [1.807, 2.05) is 0 Å². The molecule has 0 bridgehead atoms. The normalized spacial score (nSPS) is 26.2. The van der Waals surface area contributed by atoms with Crippen molar-refractivity contribution in [2.24, 2.45) is 15.9 Å². The van der Waals surface area contributed by atoms with Crippen LogP contribution in [0.1, 0.15) is 40.0 Å². The van der Waals surface area contributed by atoms with E-state index in [1.54, 1.807) is 0 Å². The van der Waals surface area contributed by atoms with Crippen LogP contribution in [0, 0.1) is 11.3 Å². The Morgan fingerprint density at radius 3 is 2.82 bits per heavy atom. The standard InChI is InChI=1S/C13H22N4/c1-4-9(3)17-8-16-12-11(14)6-10(5-2)7-15-13(12)17/h9-10,14H,4-8H2,1-3H3. The summed E-state index contributed by atoms with van der Waals surface area (Å²) in [4.78, 5) is 11.5. The quantitative estimate of drug-likeness (QED) is 0.800. The Bertz CT molecular complexity index is 370. The van der Waals surface area contributed by atoms with Gasteiger partial charge in [-0.1, -0.05) is 20.3 Å². The van der Waals surface area contributed by atoms with Gasteiger partial charge in [0.25, 0.3) is 0 Å². The van der Waals surface area contributed by atoms with Crippen LogP contribution in [-0.2, 0) is 0 Å². The molecule has 0 spiro atoms. The Morgan fingerprint density at radius 2 is 2.18 bits per heavy atom. The Labute approximate surface area is 103 Å². The zero-order valence-electron chi connectivity index (χ0n) is 11.0. The molecule has 0 aromatic rings. The highest BCUT2D eigenvalue weighted by atomic mass is 15.3. The van der Waals surface area contributed by atoms with Gasteiger partial charge in [0.1, 0.15) is 12.4 Å². The van der Waals surface area contributed by atoms with Crippen molar-refractivity contribution in [3.8, 4) is 0 Å². The summed E-state index contributed by atoms with van der Waals surface area (Å²) in [5, 5.41) is 8.14. The van der Waals surface area contributed by atoms with Gasteiger partial charge in [-0.25, -0.2) is 0 Å². The van der Waals surface area contributed by atoms with Crippen LogP contribution in [0.2, 0.25) is 0 Å². The summed E-state index contributed by atoms with van der Waals surface area (Å²) in [6.45, 7) is 8.09. The minimum atomic E-state index is 0.459. The number of hydrogen-bond acceptors (Lipinski definition) is 4. The first-order chi connectivity index (χ1) is 8.17.